The van der Waals surface area contributed by atoms with Crippen LogP contribution in [0, 0.1) is 0 Å². The van der Waals surface area contributed by atoms with E-state index >= 15 is 0 Å². The maximum atomic E-state index is 12.4. The van der Waals surface area contributed by atoms with Gasteiger partial charge < -0.3 is 15.1 Å². The molecule has 4 nitrogen and oxygen atoms in total. The fourth-order valence-electron chi connectivity index (χ4n) is 3.68. The molecular weight excluding hydrogens is 358 g/mol. The number of halogens is 1. The Morgan fingerprint density at radius 1 is 1.15 bits per heavy atom. The third-order valence-corrected chi connectivity index (χ3v) is 5.60. The Morgan fingerprint density at radius 2 is 1.89 bits per heavy atom. The van der Waals surface area contributed by atoms with Crippen LogP contribution in [0.1, 0.15) is 24.8 Å². The molecule has 0 spiro atoms. The first-order chi connectivity index (χ1) is 13.2. The Labute approximate surface area is 167 Å². The molecule has 144 valence electrons. The molecule has 0 unspecified atom stereocenters. The first-order valence-electron chi connectivity index (χ1n) is 9.81. The molecule has 1 atom stereocenters. The van der Waals surface area contributed by atoms with Gasteiger partial charge in [0.1, 0.15) is 0 Å². The van der Waals surface area contributed by atoms with Gasteiger partial charge in [-0.15, -0.1) is 0 Å². The Balaban J connectivity index is 1.43. The van der Waals surface area contributed by atoms with E-state index in [1.54, 1.807) is 0 Å². The van der Waals surface area contributed by atoms with Crippen LogP contribution in [0.5, 0.6) is 0 Å². The second kappa shape index (κ2) is 9.77. The minimum absolute atomic E-state index is 0.149. The van der Waals surface area contributed by atoms with Gasteiger partial charge >= 0.3 is 0 Å². The number of carbonyl (C=O) groups excluding carboxylic acids is 1. The Bertz CT molecular complexity index is 729. The van der Waals surface area contributed by atoms with Gasteiger partial charge in [0.25, 0.3) is 5.91 Å². The van der Waals surface area contributed by atoms with Crippen LogP contribution in [0.2, 0.25) is 5.02 Å². The van der Waals surface area contributed by atoms with E-state index in [0.717, 1.165) is 37.6 Å². The van der Waals surface area contributed by atoms with Crippen molar-refractivity contribution in [2.75, 3.05) is 44.2 Å². The van der Waals surface area contributed by atoms with E-state index in [-0.39, 0.29) is 5.91 Å². The molecule has 2 N–H and O–H groups in total. The highest BCUT2D eigenvalue weighted by Crippen LogP contribution is 2.19. The highest BCUT2D eigenvalue weighted by Gasteiger charge is 2.22. The van der Waals surface area contributed by atoms with Gasteiger partial charge in [0.2, 0.25) is 0 Å². The molecule has 1 heterocycles. The first kappa shape index (κ1) is 19.7. The van der Waals surface area contributed by atoms with Crippen LogP contribution in [0.4, 0.5) is 5.69 Å². The molecule has 1 aliphatic rings. The molecule has 0 bridgehead atoms. The minimum Gasteiger partial charge on any atom is -0.360 e. The summed E-state index contributed by atoms with van der Waals surface area (Å²) in [7, 11) is 0. The summed E-state index contributed by atoms with van der Waals surface area (Å²) in [5.74, 6) is 0.528. The van der Waals surface area contributed by atoms with Crippen molar-refractivity contribution in [2.45, 2.75) is 19.3 Å². The van der Waals surface area contributed by atoms with Crippen molar-refractivity contribution in [3.05, 3.63) is 65.2 Å². The van der Waals surface area contributed by atoms with Crippen LogP contribution < -0.4 is 15.1 Å². The molecule has 0 aromatic heterocycles. The van der Waals surface area contributed by atoms with Gasteiger partial charge in [-0.1, -0.05) is 54.9 Å². The largest absolute Gasteiger partial charge is 0.360 e. The minimum atomic E-state index is 0.149. The summed E-state index contributed by atoms with van der Waals surface area (Å²) in [5, 5.41) is 3.91. The van der Waals surface area contributed by atoms with Gasteiger partial charge in [-0.25, -0.2) is 0 Å². The monoisotopic (exact) mass is 386 g/mol. The summed E-state index contributed by atoms with van der Waals surface area (Å²) in [4.78, 5) is 16.1. The normalized spacial score (nSPS) is 16.1. The number of rotatable bonds is 7. The molecule has 3 rings (SSSR count). The quantitative estimate of drug-likeness (QED) is 0.766. The molecule has 1 aliphatic heterocycles. The summed E-state index contributed by atoms with van der Waals surface area (Å²) in [6, 6.07) is 18.4. The van der Waals surface area contributed by atoms with Gasteiger partial charge in [-0.3, -0.25) is 4.79 Å². The standard InChI is InChI=1S/C22H28ClN3O/c1-2-18(19-7-4-3-5-8-19)16-24-22(27)17-25-11-13-26(14-12-25)21-10-6-9-20(23)15-21/h3-10,15,18H,2,11-14,16-17H2,1H3,(H,24,27)/p+1/t18-/m0/s1. The van der Waals surface area contributed by atoms with E-state index < -0.39 is 0 Å². The number of hydrogen-bond acceptors (Lipinski definition) is 2. The van der Waals surface area contributed by atoms with Crippen molar-refractivity contribution < 1.29 is 9.69 Å². The third kappa shape index (κ3) is 5.72. The highest BCUT2D eigenvalue weighted by molar-refractivity contribution is 6.30. The third-order valence-electron chi connectivity index (χ3n) is 5.36. The summed E-state index contributed by atoms with van der Waals surface area (Å²) in [5.41, 5.74) is 2.46. The van der Waals surface area contributed by atoms with E-state index in [2.05, 4.69) is 47.5 Å². The molecule has 1 amide bonds. The molecule has 0 radical (unpaired) electrons. The van der Waals surface area contributed by atoms with Crippen LogP contribution >= 0.6 is 11.6 Å². The number of benzene rings is 2. The Morgan fingerprint density at radius 3 is 2.56 bits per heavy atom. The molecule has 0 saturated carbocycles. The number of nitrogens with zero attached hydrogens (tertiary/aromatic N) is 1. The van der Waals surface area contributed by atoms with Crippen LogP contribution in [0.3, 0.4) is 0 Å². The van der Waals surface area contributed by atoms with Crippen LogP contribution in [-0.2, 0) is 4.79 Å². The fourth-order valence-corrected chi connectivity index (χ4v) is 3.86. The number of anilines is 1. The van der Waals surface area contributed by atoms with Crippen molar-refractivity contribution in [3.8, 4) is 0 Å². The zero-order valence-corrected chi connectivity index (χ0v) is 16.7. The zero-order chi connectivity index (χ0) is 19.1. The van der Waals surface area contributed by atoms with Crippen LogP contribution in [-0.4, -0.2) is 45.2 Å². The summed E-state index contributed by atoms with van der Waals surface area (Å²) < 4.78 is 0. The lowest BCUT2D eigenvalue weighted by atomic mass is 9.96. The fraction of sp³-hybridized carbons (Fsp3) is 0.409. The summed E-state index contributed by atoms with van der Waals surface area (Å²) in [6.45, 7) is 7.26. The smallest absolute Gasteiger partial charge is 0.275 e. The summed E-state index contributed by atoms with van der Waals surface area (Å²) in [6.07, 6.45) is 1.02. The average molecular weight is 387 g/mol. The van der Waals surface area contributed by atoms with E-state index in [4.69, 9.17) is 11.6 Å². The molecule has 27 heavy (non-hydrogen) atoms. The molecule has 1 saturated heterocycles. The number of hydrogen-bond donors (Lipinski definition) is 2. The molecule has 2 aromatic carbocycles. The van der Waals surface area contributed by atoms with E-state index in [0.29, 0.717) is 19.0 Å². The second-order valence-corrected chi connectivity index (χ2v) is 7.65. The number of amides is 1. The van der Waals surface area contributed by atoms with Gasteiger partial charge in [-0.2, -0.15) is 0 Å². The highest BCUT2D eigenvalue weighted by atomic mass is 35.5. The van der Waals surface area contributed by atoms with E-state index in [9.17, 15) is 4.79 Å². The van der Waals surface area contributed by atoms with Crippen molar-refractivity contribution in [1.29, 1.82) is 0 Å². The number of nitrogens with one attached hydrogen (secondary N) is 2. The maximum Gasteiger partial charge on any atom is 0.275 e. The number of carbonyl (C=O) groups is 1. The molecule has 2 aromatic rings. The molecule has 0 aliphatic carbocycles. The molecular formula is C22H29ClN3O+. The SMILES string of the molecule is CC[C@@H](CNC(=O)C[NH+]1CCN(c2cccc(Cl)c2)CC1)c1ccccc1. The van der Waals surface area contributed by atoms with Crippen molar-refractivity contribution in [3.63, 3.8) is 0 Å². The van der Waals surface area contributed by atoms with Gasteiger partial charge in [0, 0.05) is 23.2 Å². The van der Waals surface area contributed by atoms with Crippen molar-refractivity contribution in [2.24, 2.45) is 0 Å². The van der Waals surface area contributed by atoms with Gasteiger partial charge in [-0.05, 0) is 30.2 Å². The lowest BCUT2D eigenvalue weighted by Gasteiger charge is -2.33. The topological polar surface area (TPSA) is 36.8 Å². The van der Waals surface area contributed by atoms with Crippen LogP contribution in [0.15, 0.2) is 54.6 Å². The lowest BCUT2D eigenvalue weighted by Crippen LogP contribution is -3.16. The van der Waals surface area contributed by atoms with Gasteiger partial charge in [0.05, 0.1) is 26.2 Å². The zero-order valence-electron chi connectivity index (χ0n) is 16.0. The molecule has 5 heteroatoms. The number of quaternary nitrogens is 1. The van der Waals surface area contributed by atoms with Gasteiger partial charge in [0.15, 0.2) is 6.54 Å². The maximum absolute atomic E-state index is 12.4. The van der Waals surface area contributed by atoms with E-state index in [1.165, 1.54) is 16.2 Å². The lowest BCUT2D eigenvalue weighted by molar-refractivity contribution is -0.892. The van der Waals surface area contributed by atoms with Crippen molar-refractivity contribution in [1.82, 2.24) is 5.32 Å². The Hall–Kier alpha value is -2.04. The van der Waals surface area contributed by atoms with Crippen molar-refractivity contribution >= 4 is 23.2 Å². The second-order valence-electron chi connectivity index (χ2n) is 7.21. The first-order valence-corrected chi connectivity index (χ1v) is 10.2. The van der Waals surface area contributed by atoms with E-state index in [1.807, 2.05) is 24.3 Å². The molecule has 1 fully saturated rings. The Kier molecular flexibility index (Phi) is 7.13. The summed E-state index contributed by atoms with van der Waals surface area (Å²) >= 11 is 6.09. The average Bonchev–Trinajstić information content (AvgIpc) is 2.70. The predicted molar refractivity (Wildman–Crippen MR) is 112 cm³/mol. The number of piperazine rings is 1. The van der Waals surface area contributed by atoms with Crippen LogP contribution in [0.25, 0.3) is 0 Å². The predicted octanol–water partition coefficient (Wildman–Crippen LogP) is 2.35.